The van der Waals surface area contributed by atoms with Gasteiger partial charge in [-0.3, -0.25) is 4.99 Å². The van der Waals surface area contributed by atoms with Crippen molar-refractivity contribution in [1.82, 2.24) is 4.90 Å². The van der Waals surface area contributed by atoms with Crippen LogP contribution >= 0.6 is 24.0 Å². The SMILES string of the molecule is I.NC(=NCC1(c2cccc(F)c2)CCOCC1)N1CCCCCC1. The predicted octanol–water partition coefficient (Wildman–Crippen LogP) is 3.68. The average molecular weight is 461 g/mol. The molecule has 140 valence electrons. The molecule has 6 heteroatoms. The summed E-state index contributed by atoms with van der Waals surface area (Å²) in [7, 11) is 0. The van der Waals surface area contributed by atoms with Gasteiger partial charge in [0.15, 0.2) is 5.96 Å². The summed E-state index contributed by atoms with van der Waals surface area (Å²) in [6, 6.07) is 6.92. The number of hydrogen-bond donors (Lipinski definition) is 1. The maximum absolute atomic E-state index is 13.7. The van der Waals surface area contributed by atoms with Crippen LogP contribution in [0.25, 0.3) is 0 Å². The third-order valence-corrected chi connectivity index (χ3v) is 5.36. The van der Waals surface area contributed by atoms with E-state index in [-0.39, 0.29) is 35.2 Å². The lowest BCUT2D eigenvalue weighted by molar-refractivity contribution is 0.0529. The van der Waals surface area contributed by atoms with Crippen molar-refractivity contribution in [3.05, 3.63) is 35.6 Å². The minimum Gasteiger partial charge on any atom is -0.381 e. The van der Waals surface area contributed by atoms with Crippen LogP contribution in [-0.4, -0.2) is 43.7 Å². The molecule has 1 aromatic rings. The first kappa shape index (κ1) is 20.4. The Morgan fingerprint density at radius 2 is 1.84 bits per heavy atom. The molecule has 3 rings (SSSR count). The van der Waals surface area contributed by atoms with Crippen LogP contribution in [0.5, 0.6) is 0 Å². The molecule has 0 atom stereocenters. The second kappa shape index (κ2) is 9.71. The van der Waals surface area contributed by atoms with Crippen LogP contribution in [0.3, 0.4) is 0 Å². The van der Waals surface area contributed by atoms with Crippen molar-refractivity contribution < 1.29 is 9.13 Å². The van der Waals surface area contributed by atoms with Crippen LogP contribution in [0, 0.1) is 5.82 Å². The van der Waals surface area contributed by atoms with E-state index in [4.69, 9.17) is 15.5 Å². The van der Waals surface area contributed by atoms with Crippen LogP contribution in [0.1, 0.15) is 44.1 Å². The van der Waals surface area contributed by atoms with Crippen molar-refractivity contribution in [1.29, 1.82) is 0 Å². The van der Waals surface area contributed by atoms with Gasteiger partial charge in [-0.1, -0.05) is 25.0 Å². The topological polar surface area (TPSA) is 50.9 Å². The number of halogens is 2. The summed E-state index contributed by atoms with van der Waals surface area (Å²) >= 11 is 0. The standard InChI is InChI=1S/C19H28FN3O.HI/c20-17-7-5-6-16(14-17)19(8-12-24-13-9-19)15-22-18(21)23-10-3-1-2-4-11-23;/h5-7,14H,1-4,8-13,15H2,(H2,21,22);1H. The summed E-state index contributed by atoms with van der Waals surface area (Å²) in [5, 5.41) is 0. The Morgan fingerprint density at radius 3 is 2.48 bits per heavy atom. The lowest BCUT2D eigenvalue weighted by Crippen LogP contribution is -2.41. The second-order valence-electron chi connectivity index (χ2n) is 6.98. The molecule has 2 fully saturated rings. The predicted molar refractivity (Wildman–Crippen MR) is 110 cm³/mol. The van der Waals surface area contributed by atoms with E-state index in [1.165, 1.54) is 31.7 Å². The number of nitrogens with zero attached hydrogens (tertiary/aromatic N) is 2. The molecular weight excluding hydrogens is 432 g/mol. The number of aliphatic imine (C=N–C) groups is 1. The van der Waals surface area contributed by atoms with E-state index in [0.717, 1.165) is 31.5 Å². The molecular formula is C19H29FIN3O. The third kappa shape index (κ3) is 5.29. The lowest BCUT2D eigenvalue weighted by Gasteiger charge is -2.37. The molecule has 0 bridgehead atoms. The highest BCUT2D eigenvalue weighted by molar-refractivity contribution is 14.0. The molecule has 25 heavy (non-hydrogen) atoms. The molecule has 2 aliphatic rings. The van der Waals surface area contributed by atoms with E-state index in [9.17, 15) is 4.39 Å². The Bertz CT molecular complexity index is 568. The molecule has 0 spiro atoms. The highest BCUT2D eigenvalue weighted by Gasteiger charge is 2.34. The summed E-state index contributed by atoms with van der Waals surface area (Å²) < 4.78 is 19.3. The fourth-order valence-corrected chi connectivity index (χ4v) is 3.75. The highest BCUT2D eigenvalue weighted by atomic mass is 127. The molecule has 0 aliphatic carbocycles. The lowest BCUT2D eigenvalue weighted by atomic mass is 9.74. The van der Waals surface area contributed by atoms with Crippen molar-refractivity contribution in [2.45, 2.75) is 43.9 Å². The minimum absolute atomic E-state index is 0. The maximum Gasteiger partial charge on any atom is 0.191 e. The van der Waals surface area contributed by atoms with Crippen molar-refractivity contribution in [2.24, 2.45) is 10.7 Å². The number of hydrogen-bond acceptors (Lipinski definition) is 2. The first-order chi connectivity index (χ1) is 11.7. The molecule has 2 N–H and O–H groups in total. The molecule has 2 saturated heterocycles. The van der Waals surface area contributed by atoms with Crippen molar-refractivity contribution in [3.63, 3.8) is 0 Å². The van der Waals surface area contributed by atoms with Gasteiger partial charge >= 0.3 is 0 Å². The van der Waals surface area contributed by atoms with Gasteiger partial charge in [-0.25, -0.2) is 4.39 Å². The van der Waals surface area contributed by atoms with Gasteiger partial charge in [-0.15, -0.1) is 24.0 Å². The molecule has 1 aromatic carbocycles. The van der Waals surface area contributed by atoms with Crippen molar-refractivity contribution in [2.75, 3.05) is 32.8 Å². The Morgan fingerprint density at radius 1 is 1.16 bits per heavy atom. The quantitative estimate of drug-likeness (QED) is 0.425. The zero-order valence-corrected chi connectivity index (χ0v) is 17.1. The summed E-state index contributed by atoms with van der Waals surface area (Å²) in [6.07, 6.45) is 6.61. The van der Waals surface area contributed by atoms with Crippen molar-refractivity contribution >= 4 is 29.9 Å². The van der Waals surface area contributed by atoms with Gasteiger partial charge in [0, 0.05) is 31.7 Å². The molecule has 0 unspecified atom stereocenters. The van der Waals surface area contributed by atoms with Gasteiger partial charge in [0.25, 0.3) is 0 Å². The van der Waals surface area contributed by atoms with Crippen LogP contribution in [-0.2, 0) is 10.2 Å². The second-order valence-corrected chi connectivity index (χ2v) is 6.98. The third-order valence-electron chi connectivity index (χ3n) is 5.36. The van der Waals surface area contributed by atoms with E-state index in [2.05, 4.69) is 4.90 Å². The number of ether oxygens (including phenoxy) is 1. The largest absolute Gasteiger partial charge is 0.381 e. The first-order valence-corrected chi connectivity index (χ1v) is 9.08. The van der Waals surface area contributed by atoms with E-state index in [1.807, 2.05) is 6.07 Å². The summed E-state index contributed by atoms with van der Waals surface area (Å²) in [6.45, 7) is 3.96. The number of guanidine groups is 1. The van der Waals surface area contributed by atoms with Crippen LogP contribution < -0.4 is 5.73 Å². The van der Waals surface area contributed by atoms with Gasteiger partial charge in [-0.2, -0.15) is 0 Å². The summed E-state index contributed by atoms with van der Waals surface area (Å²) in [5.74, 6) is 0.446. The van der Waals surface area contributed by atoms with Gasteiger partial charge in [0.1, 0.15) is 5.82 Å². The summed E-state index contributed by atoms with van der Waals surface area (Å²) in [4.78, 5) is 6.93. The van der Waals surface area contributed by atoms with E-state index < -0.39 is 0 Å². The Kier molecular flexibility index (Phi) is 7.93. The Hall–Kier alpha value is -0.890. The molecule has 4 nitrogen and oxygen atoms in total. The van der Waals surface area contributed by atoms with Gasteiger partial charge < -0.3 is 15.4 Å². The molecule has 0 saturated carbocycles. The smallest absolute Gasteiger partial charge is 0.191 e. The van der Waals surface area contributed by atoms with Gasteiger partial charge in [-0.05, 0) is 43.4 Å². The average Bonchev–Trinajstić information content (AvgIpc) is 2.90. The number of benzene rings is 1. The number of nitrogens with two attached hydrogens (primary N) is 1. The number of rotatable bonds is 3. The van der Waals surface area contributed by atoms with E-state index in [1.54, 1.807) is 12.1 Å². The molecule has 0 aromatic heterocycles. The zero-order valence-electron chi connectivity index (χ0n) is 14.8. The first-order valence-electron chi connectivity index (χ1n) is 9.08. The molecule has 0 amide bonds. The van der Waals surface area contributed by atoms with Crippen molar-refractivity contribution in [3.8, 4) is 0 Å². The van der Waals surface area contributed by atoms with Gasteiger partial charge in [0.05, 0.1) is 6.54 Å². The van der Waals surface area contributed by atoms with E-state index >= 15 is 0 Å². The van der Waals surface area contributed by atoms with Crippen LogP contribution in [0.15, 0.2) is 29.3 Å². The molecule has 0 radical (unpaired) electrons. The maximum atomic E-state index is 13.7. The molecule has 2 aliphatic heterocycles. The Labute approximate surface area is 167 Å². The summed E-state index contributed by atoms with van der Waals surface area (Å²) in [5.41, 5.74) is 7.11. The highest BCUT2D eigenvalue weighted by Crippen LogP contribution is 2.35. The van der Waals surface area contributed by atoms with E-state index in [0.29, 0.717) is 25.7 Å². The Balaban J connectivity index is 0.00000225. The fourth-order valence-electron chi connectivity index (χ4n) is 3.75. The van der Waals surface area contributed by atoms with Crippen LogP contribution in [0.2, 0.25) is 0 Å². The zero-order chi connectivity index (χ0) is 16.8. The minimum atomic E-state index is -0.192. The number of likely N-dealkylation sites (tertiary alicyclic amines) is 1. The normalized spacial score (nSPS) is 21.3. The van der Waals surface area contributed by atoms with Gasteiger partial charge in [0.2, 0.25) is 0 Å². The molecule has 2 heterocycles. The monoisotopic (exact) mass is 461 g/mol. The van der Waals surface area contributed by atoms with Crippen LogP contribution in [0.4, 0.5) is 4.39 Å². The fraction of sp³-hybridized carbons (Fsp3) is 0.632.